The average Bonchev–Trinajstić information content (AvgIpc) is 3.01. The molecule has 1 atom stereocenters. The molecule has 0 saturated heterocycles. The van der Waals surface area contributed by atoms with E-state index in [-0.39, 0.29) is 5.97 Å². The standard InChI is InChI=1S/C13H21N3O2/c1-13(12(17)18-2,15-11-4-5-11)6-3-8-16-9-7-14-10-16/h7,9-11,15H,3-6,8H2,1-2H3. The summed E-state index contributed by atoms with van der Waals surface area (Å²) in [5.41, 5.74) is -0.559. The van der Waals surface area contributed by atoms with Gasteiger partial charge in [0, 0.05) is 25.0 Å². The van der Waals surface area contributed by atoms with Gasteiger partial charge in [-0.2, -0.15) is 0 Å². The molecule has 1 N–H and O–H groups in total. The zero-order valence-electron chi connectivity index (χ0n) is 11.1. The number of nitrogens with one attached hydrogen (secondary N) is 1. The van der Waals surface area contributed by atoms with Crippen LogP contribution in [-0.4, -0.2) is 34.2 Å². The molecule has 0 aliphatic heterocycles. The van der Waals surface area contributed by atoms with Crippen LogP contribution >= 0.6 is 0 Å². The lowest BCUT2D eigenvalue weighted by atomic mass is 9.95. The second-order valence-corrected chi connectivity index (χ2v) is 5.15. The molecule has 0 bridgehead atoms. The number of aromatic nitrogens is 2. The maximum atomic E-state index is 11.9. The molecule has 18 heavy (non-hydrogen) atoms. The van der Waals surface area contributed by atoms with Crippen molar-refractivity contribution in [2.75, 3.05) is 7.11 Å². The minimum atomic E-state index is -0.559. The molecule has 2 rings (SSSR count). The lowest BCUT2D eigenvalue weighted by Gasteiger charge is -2.28. The zero-order valence-corrected chi connectivity index (χ0v) is 11.1. The molecule has 1 aliphatic carbocycles. The number of hydrogen-bond acceptors (Lipinski definition) is 4. The summed E-state index contributed by atoms with van der Waals surface area (Å²) in [5, 5.41) is 3.40. The monoisotopic (exact) mass is 251 g/mol. The van der Waals surface area contributed by atoms with Crippen LogP contribution in [0.3, 0.4) is 0 Å². The van der Waals surface area contributed by atoms with Gasteiger partial charge in [-0.1, -0.05) is 0 Å². The first kappa shape index (κ1) is 13.1. The highest BCUT2D eigenvalue weighted by atomic mass is 16.5. The van der Waals surface area contributed by atoms with Gasteiger partial charge in [0.05, 0.1) is 13.4 Å². The molecule has 1 fully saturated rings. The molecule has 0 amide bonds. The molecular weight excluding hydrogens is 230 g/mol. The smallest absolute Gasteiger partial charge is 0.325 e. The summed E-state index contributed by atoms with van der Waals surface area (Å²) >= 11 is 0. The van der Waals surface area contributed by atoms with Gasteiger partial charge in [-0.15, -0.1) is 0 Å². The van der Waals surface area contributed by atoms with Crippen LogP contribution in [0.1, 0.15) is 32.6 Å². The topological polar surface area (TPSA) is 56.2 Å². The number of rotatable bonds is 7. The highest BCUT2D eigenvalue weighted by Gasteiger charge is 2.38. The van der Waals surface area contributed by atoms with Crippen molar-refractivity contribution >= 4 is 5.97 Å². The Balaban J connectivity index is 1.85. The first-order chi connectivity index (χ1) is 8.64. The molecule has 5 nitrogen and oxygen atoms in total. The minimum absolute atomic E-state index is 0.167. The molecule has 1 aromatic heterocycles. The molecular formula is C13H21N3O2. The lowest BCUT2D eigenvalue weighted by Crippen LogP contribution is -2.51. The van der Waals surface area contributed by atoms with Crippen molar-refractivity contribution < 1.29 is 9.53 Å². The van der Waals surface area contributed by atoms with Gasteiger partial charge in [0.25, 0.3) is 0 Å². The van der Waals surface area contributed by atoms with Crippen molar-refractivity contribution in [3.8, 4) is 0 Å². The van der Waals surface area contributed by atoms with Crippen LogP contribution in [0.15, 0.2) is 18.7 Å². The predicted octanol–water partition coefficient (Wildman–Crippen LogP) is 1.35. The summed E-state index contributed by atoms with van der Waals surface area (Å²) in [5.74, 6) is -0.167. The van der Waals surface area contributed by atoms with Crippen LogP contribution in [0.5, 0.6) is 0 Å². The Kier molecular flexibility index (Phi) is 4.01. The number of carbonyl (C=O) groups excluding carboxylic acids is 1. The van der Waals surface area contributed by atoms with Gasteiger partial charge < -0.3 is 9.30 Å². The van der Waals surface area contributed by atoms with E-state index in [2.05, 4.69) is 10.3 Å². The van der Waals surface area contributed by atoms with Crippen molar-refractivity contribution in [1.82, 2.24) is 14.9 Å². The third-order valence-corrected chi connectivity index (χ3v) is 3.39. The first-order valence-corrected chi connectivity index (χ1v) is 6.46. The van der Waals surface area contributed by atoms with E-state index in [1.807, 2.05) is 17.7 Å². The fraction of sp³-hybridized carbons (Fsp3) is 0.692. The second kappa shape index (κ2) is 5.52. The van der Waals surface area contributed by atoms with Crippen LogP contribution in [0.2, 0.25) is 0 Å². The Labute approximate surface area is 108 Å². The highest BCUT2D eigenvalue weighted by molar-refractivity contribution is 5.80. The lowest BCUT2D eigenvalue weighted by molar-refractivity contribution is -0.148. The average molecular weight is 251 g/mol. The summed E-state index contributed by atoms with van der Waals surface area (Å²) in [4.78, 5) is 15.9. The molecule has 1 saturated carbocycles. The molecule has 0 radical (unpaired) electrons. The first-order valence-electron chi connectivity index (χ1n) is 6.46. The Morgan fingerprint density at radius 1 is 1.61 bits per heavy atom. The molecule has 100 valence electrons. The molecule has 0 aromatic carbocycles. The van der Waals surface area contributed by atoms with Crippen LogP contribution in [-0.2, 0) is 16.1 Å². The Morgan fingerprint density at radius 3 is 2.94 bits per heavy atom. The largest absolute Gasteiger partial charge is 0.468 e. The van der Waals surface area contributed by atoms with E-state index >= 15 is 0 Å². The number of ether oxygens (including phenoxy) is 1. The van der Waals surface area contributed by atoms with Crippen LogP contribution in [0.25, 0.3) is 0 Å². The molecule has 1 aromatic rings. The van der Waals surface area contributed by atoms with Gasteiger partial charge in [0.15, 0.2) is 0 Å². The molecule has 0 spiro atoms. The molecule has 1 unspecified atom stereocenters. The third kappa shape index (κ3) is 3.32. The van der Waals surface area contributed by atoms with E-state index in [1.54, 1.807) is 12.5 Å². The fourth-order valence-electron chi connectivity index (χ4n) is 2.17. The normalized spacial score (nSPS) is 18.3. The maximum absolute atomic E-state index is 11.9. The van der Waals surface area contributed by atoms with Crippen molar-refractivity contribution in [2.45, 2.75) is 50.7 Å². The quantitative estimate of drug-likeness (QED) is 0.743. The fourth-order valence-corrected chi connectivity index (χ4v) is 2.17. The van der Waals surface area contributed by atoms with Crippen LogP contribution < -0.4 is 5.32 Å². The SMILES string of the molecule is COC(=O)C(C)(CCCn1ccnc1)NC1CC1. The summed E-state index contributed by atoms with van der Waals surface area (Å²) in [6, 6.07) is 0.488. The number of hydrogen-bond donors (Lipinski definition) is 1. The van der Waals surface area contributed by atoms with Gasteiger partial charge in [-0.3, -0.25) is 10.1 Å². The predicted molar refractivity (Wildman–Crippen MR) is 68.0 cm³/mol. The van der Waals surface area contributed by atoms with E-state index in [0.717, 1.165) is 32.2 Å². The number of methoxy groups -OCH3 is 1. The second-order valence-electron chi connectivity index (χ2n) is 5.15. The number of nitrogens with zero attached hydrogens (tertiary/aromatic N) is 2. The minimum Gasteiger partial charge on any atom is -0.468 e. The highest BCUT2D eigenvalue weighted by Crippen LogP contribution is 2.25. The van der Waals surface area contributed by atoms with Gasteiger partial charge in [0.2, 0.25) is 0 Å². The Hall–Kier alpha value is -1.36. The van der Waals surface area contributed by atoms with Crippen molar-refractivity contribution in [3.05, 3.63) is 18.7 Å². The molecule has 1 aliphatic rings. The van der Waals surface area contributed by atoms with Gasteiger partial charge in [0.1, 0.15) is 5.54 Å². The Bertz CT molecular complexity index is 387. The van der Waals surface area contributed by atoms with Crippen molar-refractivity contribution in [2.24, 2.45) is 0 Å². The summed E-state index contributed by atoms with van der Waals surface area (Å²) in [6.45, 7) is 2.81. The number of aryl methyl sites for hydroxylation is 1. The maximum Gasteiger partial charge on any atom is 0.325 e. The summed E-state index contributed by atoms with van der Waals surface area (Å²) in [7, 11) is 1.45. The van der Waals surface area contributed by atoms with Crippen molar-refractivity contribution in [3.63, 3.8) is 0 Å². The number of carbonyl (C=O) groups is 1. The third-order valence-electron chi connectivity index (χ3n) is 3.39. The number of esters is 1. The number of imidazole rings is 1. The van der Waals surface area contributed by atoms with E-state index in [4.69, 9.17) is 4.74 Å². The van der Waals surface area contributed by atoms with E-state index in [0.29, 0.717) is 6.04 Å². The van der Waals surface area contributed by atoms with Gasteiger partial charge in [-0.25, -0.2) is 4.98 Å². The summed E-state index contributed by atoms with van der Waals surface area (Å²) < 4.78 is 6.93. The van der Waals surface area contributed by atoms with E-state index in [9.17, 15) is 4.79 Å². The zero-order chi connectivity index (χ0) is 13.0. The van der Waals surface area contributed by atoms with Gasteiger partial charge in [-0.05, 0) is 32.6 Å². The summed E-state index contributed by atoms with van der Waals surface area (Å²) in [6.07, 6.45) is 9.51. The van der Waals surface area contributed by atoms with Gasteiger partial charge >= 0.3 is 5.97 Å². The van der Waals surface area contributed by atoms with E-state index < -0.39 is 5.54 Å². The van der Waals surface area contributed by atoms with Crippen LogP contribution in [0, 0.1) is 0 Å². The molecule has 1 heterocycles. The Morgan fingerprint density at radius 2 is 2.39 bits per heavy atom. The van der Waals surface area contributed by atoms with Crippen molar-refractivity contribution in [1.29, 1.82) is 0 Å². The van der Waals surface area contributed by atoms with E-state index in [1.165, 1.54) is 7.11 Å². The molecule has 5 heteroatoms. The van der Waals surface area contributed by atoms with Crippen LogP contribution in [0.4, 0.5) is 0 Å².